The molecule has 0 aliphatic carbocycles. The first-order valence-electron chi connectivity index (χ1n) is 8.94. The summed E-state index contributed by atoms with van der Waals surface area (Å²) in [5.74, 6) is 0.451. The molecule has 1 aromatic heterocycles. The van der Waals surface area contributed by atoms with Gasteiger partial charge in [0.2, 0.25) is 0 Å². The highest BCUT2D eigenvalue weighted by Gasteiger charge is 2.08. The van der Waals surface area contributed by atoms with Gasteiger partial charge in [0.15, 0.2) is 0 Å². The van der Waals surface area contributed by atoms with Gasteiger partial charge in [-0.15, -0.1) is 0 Å². The summed E-state index contributed by atoms with van der Waals surface area (Å²) < 4.78 is 0. The summed E-state index contributed by atoms with van der Waals surface area (Å²) in [6, 6.07) is 28.5. The number of benzene rings is 4. The fourth-order valence-corrected chi connectivity index (χ4v) is 3.29. The molecule has 0 bridgehead atoms. The molecule has 5 aromatic rings. The number of hydrogen-bond donors (Lipinski definition) is 1. The van der Waals surface area contributed by atoms with Crippen molar-refractivity contribution >= 4 is 39.4 Å². The molecule has 6 nitrogen and oxygen atoms in total. The monoisotopic (exact) mass is 364 g/mol. The van der Waals surface area contributed by atoms with Gasteiger partial charge in [0, 0.05) is 11.3 Å². The predicted octanol–water partition coefficient (Wildman–Crippen LogP) is 4.61. The molecule has 0 fully saturated rings. The predicted molar refractivity (Wildman–Crippen MR) is 112 cm³/mol. The normalized spacial score (nSPS) is 11.4. The van der Waals surface area contributed by atoms with E-state index in [-0.39, 0.29) is 0 Å². The minimum atomic E-state index is 0.451. The van der Waals surface area contributed by atoms with Gasteiger partial charge in [-0.05, 0) is 50.2 Å². The number of anilines is 2. The van der Waals surface area contributed by atoms with Crippen LogP contribution >= 0.6 is 0 Å². The van der Waals surface area contributed by atoms with Crippen molar-refractivity contribution in [1.29, 1.82) is 0 Å². The van der Waals surface area contributed by atoms with Gasteiger partial charge >= 0.3 is 0 Å². The van der Waals surface area contributed by atoms with Gasteiger partial charge in [0.05, 0.1) is 6.21 Å². The number of para-hydroxylation sites is 1. The summed E-state index contributed by atoms with van der Waals surface area (Å²) in [5, 5.41) is 24.1. The van der Waals surface area contributed by atoms with E-state index in [2.05, 4.69) is 56.3 Å². The molecule has 0 atom stereocenters. The second kappa shape index (κ2) is 6.92. The maximum Gasteiger partial charge on any atom is 0.269 e. The Morgan fingerprint density at radius 1 is 0.786 bits per heavy atom. The number of fused-ring (bicyclic) bond motifs is 2. The maximum absolute atomic E-state index is 4.53. The van der Waals surface area contributed by atoms with Crippen molar-refractivity contribution in [1.82, 2.24) is 20.3 Å². The molecule has 6 heteroatoms. The highest BCUT2D eigenvalue weighted by molar-refractivity contribution is 6.13. The van der Waals surface area contributed by atoms with E-state index in [1.807, 2.05) is 60.8 Å². The second-order valence-corrected chi connectivity index (χ2v) is 6.36. The molecule has 0 aliphatic rings. The Labute approximate surface area is 161 Å². The number of nitrogens with zero attached hydrogens (tertiary/aromatic N) is 5. The van der Waals surface area contributed by atoms with Crippen molar-refractivity contribution in [2.75, 3.05) is 5.32 Å². The molecule has 5 rings (SSSR count). The lowest BCUT2D eigenvalue weighted by Crippen LogP contribution is -2.01. The van der Waals surface area contributed by atoms with Crippen LogP contribution in [0.4, 0.5) is 11.6 Å². The number of nitrogens with one attached hydrogen (secondary N) is 1. The molecular weight excluding hydrogens is 348 g/mol. The summed E-state index contributed by atoms with van der Waals surface area (Å²) >= 11 is 0. The fraction of sp³-hybridized carbons (Fsp3) is 0. The Hall–Kier alpha value is -4.06. The lowest BCUT2D eigenvalue weighted by atomic mass is 9.97. The zero-order chi connectivity index (χ0) is 18.8. The number of hydrogen-bond acceptors (Lipinski definition) is 5. The molecule has 0 saturated heterocycles. The van der Waals surface area contributed by atoms with Crippen molar-refractivity contribution in [3.8, 4) is 0 Å². The number of rotatable bonds is 4. The molecule has 0 aliphatic heterocycles. The van der Waals surface area contributed by atoms with E-state index in [1.54, 1.807) is 0 Å². The van der Waals surface area contributed by atoms with Crippen LogP contribution in [-0.4, -0.2) is 26.5 Å². The minimum absolute atomic E-state index is 0.451. The van der Waals surface area contributed by atoms with E-state index < -0.39 is 0 Å². The quantitative estimate of drug-likeness (QED) is 0.374. The molecule has 0 amide bonds. The first-order chi connectivity index (χ1) is 13.9. The van der Waals surface area contributed by atoms with Crippen LogP contribution in [0.25, 0.3) is 21.5 Å². The lowest BCUT2D eigenvalue weighted by molar-refractivity contribution is 0.699. The van der Waals surface area contributed by atoms with Gasteiger partial charge in [-0.2, -0.15) is 5.10 Å². The second-order valence-electron chi connectivity index (χ2n) is 6.36. The summed E-state index contributed by atoms with van der Waals surface area (Å²) in [7, 11) is 0. The Morgan fingerprint density at radius 2 is 1.43 bits per heavy atom. The number of tetrazole rings is 1. The summed E-state index contributed by atoms with van der Waals surface area (Å²) in [6.45, 7) is 0. The third kappa shape index (κ3) is 2.97. The zero-order valence-electron chi connectivity index (χ0n) is 14.9. The minimum Gasteiger partial charge on any atom is -0.321 e. The molecule has 0 spiro atoms. The molecule has 134 valence electrons. The van der Waals surface area contributed by atoms with Gasteiger partial charge in [0.25, 0.3) is 5.95 Å². The fourth-order valence-electron chi connectivity index (χ4n) is 3.29. The largest absolute Gasteiger partial charge is 0.321 e. The smallest absolute Gasteiger partial charge is 0.269 e. The Kier molecular flexibility index (Phi) is 3.99. The third-order valence-electron chi connectivity index (χ3n) is 4.59. The van der Waals surface area contributed by atoms with Gasteiger partial charge in [-0.1, -0.05) is 76.6 Å². The van der Waals surface area contributed by atoms with E-state index in [1.165, 1.54) is 15.6 Å². The third-order valence-corrected chi connectivity index (χ3v) is 4.59. The van der Waals surface area contributed by atoms with Crippen LogP contribution in [0.3, 0.4) is 0 Å². The Bertz CT molecular complexity index is 1240. The van der Waals surface area contributed by atoms with Crippen molar-refractivity contribution in [3.05, 3.63) is 90.5 Å². The van der Waals surface area contributed by atoms with E-state index in [4.69, 9.17) is 0 Å². The molecule has 28 heavy (non-hydrogen) atoms. The van der Waals surface area contributed by atoms with Gasteiger partial charge in [-0.3, -0.25) is 0 Å². The van der Waals surface area contributed by atoms with Gasteiger partial charge in [0.1, 0.15) is 0 Å². The van der Waals surface area contributed by atoms with E-state index in [0.29, 0.717) is 5.95 Å². The van der Waals surface area contributed by atoms with Crippen LogP contribution in [0, 0.1) is 0 Å². The van der Waals surface area contributed by atoms with Crippen LogP contribution in [0.5, 0.6) is 0 Å². The molecule has 0 saturated carbocycles. The first-order valence-corrected chi connectivity index (χ1v) is 8.94. The Balaban J connectivity index is 1.59. The maximum atomic E-state index is 4.53. The SMILES string of the molecule is C(=Nn1nnnc1Nc1ccccc1)c1c2ccccc2cc2ccccc12. The van der Waals surface area contributed by atoms with Crippen LogP contribution in [0.2, 0.25) is 0 Å². The molecule has 1 N–H and O–H groups in total. The van der Waals surface area contributed by atoms with E-state index >= 15 is 0 Å². The molecule has 4 aromatic carbocycles. The van der Waals surface area contributed by atoms with Crippen molar-refractivity contribution < 1.29 is 0 Å². The van der Waals surface area contributed by atoms with Gasteiger partial charge < -0.3 is 5.32 Å². The molecule has 0 radical (unpaired) electrons. The van der Waals surface area contributed by atoms with Crippen LogP contribution < -0.4 is 5.32 Å². The first kappa shape index (κ1) is 16.1. The van der Waals surface area contributed by atoms with Crippen molar-refractivity contribution in [3.63, 3.8) is 0 Å². The standard InChI is InChI=1S/C22H16N6/c1-2-10-18(11-3-1)24-22-25-26-27-28(22)23-15-21-19-12-6-4-8-16(19)14-17-9-5-7-13-20(17)21/h1-15H,(H,24,25,27). The van der Waals surface area contributed by atoms with Crippen molar-refractivity contribution in [2.24, 2.45) is 5.10 Å². The summed E-state index contributed by atoms with van der Waals surface area (Å²) in [5.41, 5.74) is 1.93. The lowest BCUT2D eigenvalue weighted by Gasteiger charge is -2.08. The molecular formula is C22H16N6. The number of aromatic nitrogens is 4. The molecule has 1 heterocycles. The van der Waals surface area contributed by atoms with Crippen LogP contribution in [-0.2, 0) is 0 Å². The summed E-state index contributed by atoms with van der Waals surface area (Å²) in [6.07, 6.45) is 1.82. The average Bonchev–Trinajstić information content (AvgIpc) is 3.18. The van der Waals surface area contributed by atoms with Gasteiger partial charge in [-0.25, -0.2) is 0 Å². The van der Waals surface area contributed by atoms with Crippen molar-refractivity contribution in [2.45, 2.75) is 0 Å². The Morgan fingerprint density at radius 3 is 2.14 bits per heavy atom. The highest BCUT2D eigenvalue weighted by Crippen LogP contribution is 2.27. The van der Waals surface area contributed by atoms with E-state index in [9.17, 15) is 0 Å². The average molecular weight is 364 g/mol. The molecule has 0 unspecified atom stereocenters. The topological polar surface area (TPSA) is 68.0 Å². The van der Waals surface area contributed by atoms with Crippen LogP contribution in [0.1, 0.15) is 5.56 Å². The summed E-state index contributed by atoms with van der Waals surface area (Å²) in [4.78, 5) is 1.39. The zero-order valence-corrected chi connectivity index (χ0v) is 14.9. The highest BCUT2D eigenvalue weighted by atomic mass is 15.7. The van der Waals surface area contributed by atoms with E-state index in [0.717, 1.165) is 22.0 Å². The van der Waals surface area contributed by atoms with Crippen LogP contribution in [0.15, 0.2) is 90.0 Å².